The summed E-state index contributed by atoms with van der Waals surface area (Å²) in [5, 5.41) is 3.71. The van der Waals surface area contributed by atoms with Crippen LogP contribution in [0.2, 0.25) is 0 Å². The predicted molar refractivity (Wildman–Crippen MR) is 84.5 cm³/mol. The number of rotatable bonds is 3. The van der Waals surface area contributed by atoms with Gasteiger partial charge < -0.3 is 4.90 Å². The van der Waals surface area contributed by atoms with Crippen molar-refractivity contribution in [3.63, 3.8) is 0 Å². The van der Waals surface area contributed by atoms with Gasteiger partial charge in [-0.2, -0.15) is 11.8 Å². The van der Waals surface area contributed by atoms with Crippen molar-refractivity contribution >= 4 is 49.8 Å². The topological polar surface area (TPSA) is 20.5 Å². The molecule has 1 atom stereocenters. The van der Waals surface area contributed by atoms with E-state index in [1.165, 1.54) is 23.7 Å². The van der Waals surface area contributed by atoms with Crippen LogP contribution in [0.25, 0.3) is 4.96 Å². The Morgan fingerprint density at radius 1 is 1.56 bits per heavy atom. The number of halogens is 1. The van der Waals surface area contributed by atoms with E-state index in [1.807, 2.05) is 0 Å². The zero-order valence-corrected chi connectivity index (χ0v) is 13.5. The highest BCUT2D eigenvalue weighted by Gasteiger charge is 2.24. The molecule has 0 aliphatic carbocycles. The number of anilines is 1. The molecule has 1 saturated heterocycles. The minimum Gasteiger partial charge on any atom is -0.353 e. The Kier molecular flexibility index (Phi) is 3.86. The Labute approximate surface area is 124 Å². The molecule has 1 aliphatic heterocycles. The van der Waals surface area contributed by atoms with E-state index in [9.17, 15) is 0 Å². The smallest absolute Gasteiger partial charge is 0.195 e. The quantitative estimate of drug-likeness (QED) is 0.792. The van der Waals surface area contributed by atoms with Crippen LogP contribution in [0.5, 0.6) is 0 Å². The van der Waals surface area contributed by atoms with Gasteiger partial charge in [0.25, 0.3) is 0 Å². The molecule has 0 saturated carbocycles. The molecule has 2 aromatic heterocycles. The van der Waals surface area contributed by atoms with Crippen LogP contribution >= 0.6 is 39.0 Å². The maximum Gasteiger partial charge on any atom is 0.195 e. The Balaban J connectivity index is 1.95. The van der Waals surface area contributed by atoms with Crippen molar-refractivity contribution in [3.8, 4) is 0 Å². The summed E-state index contributed by atoms with van der Waals surface area (Å²) in [4.78, 5) is 8.37. The van der Waals surface area contributed by atoms with Gasteiger partial charge in [-0.15, -0.1) is 11.3 Å². The molecule has 0 N–H and O–H groups in total. The lowest BCUT2D eigenvalue weighted by Crippen LogP contribution is -2.38. The third-order valence-electron chi connectivity index (χ3n) is 3.36. The maximum atomic E-state index is 4.80. The predicted octanol–water partition coefficient (Wildman–Crippen LogP) is 3.62. The standard InChI is InChI=1S/C12H16BrN3S2/c1-2-9-8-15(3-5-17-9)11-10(7-13)16-4-6-18-12(16)14-11/h4,6,9H,2-3,5,7-8H2,1H3. The number of fused-ring (bicyclic) bond motifs is 1. The van der Waals surface area contributed by atoms with Crippen LogP contribution in [0.15, 0.2) is 11.6 Å². The monoisotopic (exact) mass is 345 g/mol. The second kappa shape index (κ2) is 5.43. The maximum absolute atomic E-state index is 4.80. The average Bonchev–Trinajstić information content (AvgIpc) is 2.98. The minimum absolute atomic E-state index is 0.752. The molecule has 0 spiro atoms. The van der Waals surface area contributed by atoms with Gasteiger partial charge in [-0.25, -0.2) is 4.98 Å². The van der Waals surface area contributed by atoms with E-state index < -0.39 is 0 Å². The van der Waals surface area contributed by atoms with Crippen LogP contribution in [-0.4, -0.2) is 33.5 Å². The third kappa shape index (κ3) is 2.18. The SMILES string of the molecule is CCC1CN(c2nc3sccn3c2CBr)CCS1. The number of alkyl halides is 1. The molecule has 6 heteroatoms. The van der Waals surface area contributed by atoms with E-state index in [-0.39, 0.29) is 0 Å². The Hall–Kier alpha value is -0.200. The van der Waals surface area contributed by atoms with Crippen LogP contribution in [0.4, 0.5) is 5.82 Å². The molecule has 0 bridgehead atoms. The fourth-order valence-corrected chi connectivity index (χ4v) is 4.79. The molecule has 1 fully saturated rings. The summed E-state index contributed by atoms with van der Waals surface area (Å²) in [6.45, 7) is 4.52. The summed E-state index contributed by atoms with van der Waals surface area (Å²) >= 11 is 7.41. The van der Waals surface area contributed by atoms with Gasteiger partial charge in [-0.3, -0.25) is 4.40 Å². The lowest BCUT2D eigenvalue weighted by molar-refractivity contribution is 0.719. The van der Waals surface area contributed by atoms with Gasteiger partial charge in [0, 0.05) is 41.0 Å². The van der Waals surface area contributed by atoms with Gasteiger partial charge in [0.05, 0.1) is 5.69 Å². The lowest BCUT2D eigenvalue weighted by Gasteiger charge is -2.32. The summed E-state index contributed by atoms with van der Waals surface area (Å²) in [6.07, 6.45) is 3.36. The van der Waals surface area contributed by atoms with E-state index in [4.69, 9.17) is 4.98 Å². The number of hydrogen-bond donors (Lipinski definition) is 0. The van der Waals surface area contributed by atoms with Crippen molar-refractivity contribution in [1.82, 2.24) is 9.38 Å². The molecule has 1 unspecified atom stereocenters. The molecular formula is C12H16BrN3S2. The average molecular weight is 346 g/mol. The van der Waals surface area contributed by atoms with Crippen LogP contribution in [-0.2, 0) is 5.33 Å². The number of imidazole rings is 1. The molecule has 1 aliphatic rings. The summed E-state index contributed by atoms with van der Waals surface area (Å²) < 4.78 is 2.21. The summed E-state index contributed by atoms with van der Waals surface area (Å²) in [5.74, 6) is 2.39. The Morgan fingerprint density at radius 3 is 3.22 bits per heavy atom. The van der Waals surface area contributed by atoms with Gasteiger partial charge in [0.2, 0.25) is 0 Å². The highest BCUT2D eigenvalue weighted by atomic mass is 79.9. The van der Waals surface area contributed by atoms with Crippen molar-refractivity contribution in [2.24, 2.45) is 0 Å². The van der Waals surface area contributed by atoms with Crippen LogP contribution in [0.3, 0.4) is 0 Å². The van der Waals surface area contributed by atoms with Crippen molar-refractivity contribution in [2.45, 2.75) is 23.9 Å². The number of thioether (sulfide) groups is 1. The second-order valence-electron chi connectivity index (χ2n) is 4.42. The first kappa shape index (κ1) is 12.8. The molecule has 98 valence electrons. The highest BCUT2D eigenvalue weighted by Crippen LogP contribution is 2.30. The van der Waals surface area contributed by atoms with Crippen LogP contribution in [0, 0.1) is 0 Å². The first-order valence-corrected chi connectivity index (χ1v) is 9.25. The molecule has 3 nitrogen and oxygen atoms in total. The summed E-state index contributed by atoms with van der Waals surface area (Å²) in [7, 11) is 0. The van der Waals surface area contributed by atoms with Crippen molar-refractivity contribution < 1.29 is 0 Å². The molecule has 3 rings (SSSR count). The third-order valence-corrected chi connectivity index (χ3v) is 6.02. The first-order chi connectivity index (χ1) is 8.83. The van der Waals surface area contributed by atoms with Crippen molar-refractivity contribution in [2.75, 3.05) is 23.7 Å². The highest BCUT2D eigenvalue weighted by molar-refractivity contribution is 9.08. The van der Waals surface area contributed by atoms with Crippen LogP contribution in [0.1, 0.15) is 19.0 Å². The molecule has 0 radical (unpaired) electrons. The van der Waals surface area contributed by atoms with Gasteiger partial charge >= 0.3 is 0 Å². The molecule has 0 amide bonds. The zero-order valence-electron chi connectivity index (χ0n) is 10.3. The largest absolute Gasteiger partial charge is 0.353 e. The summed E-state index contributed by atoms with van der Waals surface area (Å²) in [6, 6.07) is 0. The summed E-state index contributed by atoms with van der Waals surface area (Å²) in [5.41, 5.74) is 1.29. The van der Waals surface area contributed by atoms with E-state index >= 15 is 0 Å². The number of aromatic nitrogens is 2. The molecule has 18 heavy (non-hydrogen) atoms. The molecular weight excluding hydrogens is 330 g/mol. The molecule has 0 aromatic carbocycles. The Morgan fingerprint density at radius 2 is 2.44 bits per heavy atom. The van der Waals surface area contributed by atoms with Gasteiger partial charge in [0.15, 0.2) is 10.8 Å². The number of hydrogen-bond acceptors (Lipinski definition) is 4. The fraction of sp³-hybridized carbons (Fsp3) is 0.583. The van der Waals surface area contributed by atoms with E-state index in [2.05, 4.69) is 55.5 Å². The van der Waals surface area contributed by atoms with Gasteiger partial charge in [-0.05, 0) is 6.42 Å². The van der Waals surface area contributed by atoms with Gasteiger partial charge in [0.1, 0.15) is 0 Å². The lowest BCUT2D eigenvalue weighted by atomic mass is 10.3. The first-order valence-electron chi connectivity index (χ1n) is 6.20. The minimum atomic E-state index is 0.752. The van der Waals surface area contributed by atoms with Crippen LogP contribution < -0.4 is 4.90 Å². The molecule has 3 heterocycles. The molecule has 2 aromatic rings. The van der Waals surface area contributed by atoms with E-state index in [0.29, 0.717) is 0 Å². The van der Waals surface area contributed by atoms with E-state index in [1.54, 1.807) is 11.3 Å². The Bertz CT molecular complexity index is 536. The number of thiazole rings is 1. The fourth-order valence-electron chi connectivity index (χ4n) is 2.36. The van der Waals surface area contributed by atoms with E-state index in [0.717, 1.165) is 28.6 Å². The zero-order chi connectivity index (χ0) is 12.5. The normalized spacial score (nSPS) is 20.8. The van der Waals surface area contributed by atoms with Crippen molar-refractivity contribution in [3.05, 3.63) is 17.3 Å². The number of nitrogens with zero attached hydrogens (tertiary/aromatic N) is 3. The second-order valence-corrected chi connectivity index (χ2v) is 7.26. The van der Waals surface area contributed by atoms with Gasteiger partial charge in [-0.1, -0.05) is 22.9 Å². The van der Waals surface area contributed by atoms with Crippen molar-refractivity contribution in [1.29, 1.82) is 0 Å².